The van der Waals surface area contributed by atoms with Gasteiger partial charge in [-0.2, -0.15) is 0 Å². The van der Waals surface area contributed by atoms with Crippen molar-refractivity contribution in [1.82, 2.24) is 15.6 Å². The fraction of sp³-hybridized carbons (Fsp3) is 0.429. The minimum atomic E-state index is 0. The van der Waals surface area contributed by atoms with Crippen LogP contribution in [0.2, 0.25) is 0 Å². The van der Waals surface area contributed by atoms with Crippen molar-refractivity contribution in [1.29, 1.82) is 0 Å². The number of hydrogen-bond donors (Lipinski definition) is 2. The zero-order valence-corrected chi connectivity index (χ0v) is 18.5. The van der Waals surface area contributed by atoms with Gasteiger partial charge in [0, 0.05) is 25.8 Å². The molecule has 2 heterocycles. The minimum Gasteiger partial charge on any atom is -0.357 e. The molecule has 0 bridgehead atoms. The van der Waals surface area contributed by atoms with Crippen LogP contribution in [0.25, 0.3) is 0 Å². The monoisotopic (exact) mass is 479 g/mol. The van der Waals surface area contributed by atoms with Gasteiger partial charge in [0.2, 0.25) is 0 Å². The lowest BCUT2D eigenvalue weighted by Crippen LogP contribution is -2.38. The molecule has 0 spiro atoms. The molecule has 1 aliphatic heterocycles. The Kier molecular flexibility index (Phi) is 8.84. The second-order valence-electron chi connectivity index (χ2n) is 6.69. The highest BCUT2D eigenvalue weighted by molar-refractivity contribution is 14.0. The van der Waals surface area contributed by atoms with Gasteiger partial charge < -0.3 is 15.5 Å². The largest absolute Gasteiger partial charge is 0.357 e. The number of rotatable bonds is 6. The van der Waals surface area contributed by atoms with E-state index in [9.17, 15) is 0 Å². The van der Waals surface area contributed by atoms with E-state index in [0.29, 0.717) is 6.54 Å². The Morgan fingerprint density at radius 3 is 2.52 bits per heavy atom. The molecule has 1 aliphatic rings. The SMILES string of the molecule is CCNC(=NCc1ccc(N2CCCC2)nc1)NC(C)c1ccccc1.I. The first-order valence-corrected chi connectivity index (χ1v) is 9.56. The predicted molar refractivity (Wildman–Crippen MR) is 124 cm³/mol. The molecule has 6 heteroatoms. The highest BCUT2D eigenvalue weighted by Crippen LogP contribution is 2.17. The molecule has 0 saturated carbocycles. The van der Waals surface area contributed by atoms with E-state index in [4.69, 9.17) is 4.99 Å². The van der Waals surface area contributed by atoms with Crippen LogP contribution in [0.3, 0.4) is 0 Å². The van der Waals surface area contributed by atoms with Crippen LogP contribution < -0.4 is 15.5 Å². The van der Waals surface area contributed by atoms with E-state index >= 15 is 0 Å². The zero-order valence-electron chi connectivity index (χ0n) is 16.2. The lowest BCUT2D eigenvalue weighted by Gasteiger charge is -2.18. The summed E-state index contributed by atoms with van der Waals surface area (Å²) in [5, 5.41) is 6.79. The molecule has 2 aromatic rings. The van der Waals surface area contributed by atoms with Crippen LogP contribution in [0.5, 0.6) is 0 Å². The van der Waals surface area contributed by atoms with Crippen LogP contribution in [0.15, 0.2) is 53.7 Å². The fourth-order valence-electron chi connectivity index (χ4n) is 3.16. The van der Waals surface area contributed by atoms with Crippen molar-refractivity contribution >= 4 is 35.8 Å². The van der Waals surface area contributed by atoms with Crippen molar-refractivity contribution < 1.29 is 0 Å². The van der Waals surface area contributed by atoms with Crippen LogP contribution in [0, 0.1) is 0 Å². The number of aliphatic imine (C=N–C) groups is 1. The van der Waals surface area contributed by atoms with Gasteiger partial charge in [-0.25, -0.2) is 9.98 Å². The molecule has 0 amide bonds. The molecule has 27 heavy (non-hydrogen) atoms. The first-order chi connectivity index (χ1) is 12.8. The highest BCUT2D eigenvalue weighted by atomic mass is 127. The number of benzene rings is 1. The molecule has 1 atom stereocenters. The van der Waals surface area contributed by atoms with Crippen molar-refractivity contribution in [2.75, 3.05) is 24.5 Å². The smallest absolute Gasteiger partial charge is 0.192 e. The third-order valence-corrected chi connectivity index (χ3v) is 4.66. The fourth-order valence-corrected chi connectivity index (χ4v) is 3.16. The lowest BCUT2D eigenvalue weighted by atomic mass is 10.1. The molecule has 1 aromatic carbocycles. The third kappa shape index (κ3) is 6.37. The van der Waals surface area contributed by atoms with E-state index in [-0.39, 0.29) is 30.0 Å². The number of nitrogens with zero attached hydrogens (tertiary/aromatic N) is 3. The van der Waals surface area contributed by atoms with Gasteiger partial charge in [-0.05, 0) is 43.9 Å². The average molecular weight is 479 g/mol. The molecular formula is C21H30IN5. The summed E-state index contributed by atoms with van der Waals surface area (Å²) < 4.78 is 0. The Morgan fingerprint density at radius 1 is 1.15 bits per heavy atom. The summed E-state index contributed by atoms with van der Waals surface area (Å²) in [5.74, 6) is 1.91. The second kappa shape index (κ2) is 11.1. The highest BCUT2D eigenvalue weighted by Gasteiger charge is 2.13. The number of hydrogen-bond acceptors (Lipinski definition) is 3. The summed E-state index contributed by atoms with van der Waals surface area (Å²) in [4.78, 5) is 11.7. The summed E-state index contributed by atoms with van der Waals surface area (Å²) in [6, 6.07) is 14.9. The second-order valence-corrected chi connectivity index (χ2v) is 6.69. The number of nitrogens with one attached hydrogen (secondary N) is 2. The molecule has 1 fully saturated rings. The van der Waals surface area contributed by atoms with Crippen molar-refractivity contribution in [3.05, 3.63) is 59.8 Å². The summed E-state index contributed by atoms with van der Waals surface area (Å²) in [6.45, 7) is 7.92. The molecule has 0 aliphatic carbocycles. The van der Waals surface area contributed by atoms with Gasteiger partial charge in [-0.3, -0.25) is 0 Å². The Bertz CT molecular complexity index is 696. The predicted octanol–water partition coefficient (Wildman–Crippen LogP) is 4.12. The molecule has 5 nitrogen and oxygen atoms in total. The summed E-state index contributed by atoms with van der Waals surface area (Å²) in [6.07, 6.45) is 4.48. The zero-order chi connectivity index (χ0) is 18.2. The normalized spacial score (nSPS) is 15.2. The lowest BCUT2D eigenvalue weighted by molar-refractivity contribution is 0.686. The summed E-state index contributed by atoms with van der Waals surface area (Å²) in [7, 11) is 0. The molecular weight excluding hydrogens is 449 g/mol. The van der Waals surface area contributed by atoms with Crippen LogP contribution in [0.4, 0.5) is 5.82 Å². The van der Waals surface area contributed by atoms with Crippen LogP contribution in [-0.4, -0.2) is 30.6 Å². The summed E-state index contributed by atoms with van der Waals surface area (Å²) >= 11 is 0. The maximum absolute atomic E-state index is 4.72. The molecule has 2 N–H and O–H groups in total. The van der Waals surface area contributed by atoms with Crippen LogP contribution in [0.1, 0.15) is 43.9 Å². The number of pyridine rings is 1. The van der Waals surface area contributed by atoms with Gasteiger partial charge in [0.1, 0.15) is 5.82 Å². The molecule has 1 aromatic heterocycles. The number of anilines is 1. The van der Waals surface area contributed by atoms with Crippen LogP contribution >= 0.6 is 24.0 Å². The Morgan fingerprint density at radius 2 is 1.89 bits per heavy atom. The molecule has 1 saturated heterocycles. The molecule has 0 radical (unpaired) electrons. The molecule has 3 rings (SSSR count). The minimum absolute atomic E-state index is 0. The first-order valence-electron chi connectivity index (χ1n) is 9.56. The van der Waals surface area contributed by atoms with Crippen molar-refractivity contribution in [3.63, 3.8) is 0 Å². The van der Waals surface area contributed by atoms with Gasteiger partial charge >= 0.3 is 0 Å². The van der Waals surface area contributed by atoms with E-state index < -0.39 is 0 Å². The maximum atomic E-state index is 4.72. The van der Waals surface area contributed by atoms with E-state index in [0.717, 1.165) is 37.0 Å². The van der Waals surface area contributed by atoms with E-state index in [1.165, 1.54) is 18.4 Å². The molecule has 146 valence electrons. The number of aromatic nitrogens is 1. The van der Waals surface area contributed by atoms with Gasteiger partial charge in [0.15, 0.2) is 5.96 Å². The number of halogens is 1. The standard InChI is InChI=1S/C21H29N5.HI/c1-3-22-21(25-17(2)19-9-5-4-6-10-19)24-16-18-11-12-20(23-15-18)26-13-7-8-14-26;/h4-6,9-12,15,17H,3,7-8,13-14,16H2,1-2H3,(H2,22,24,25);1H. The van der Waals surface area contributed by atoms with Gasteiger partial charge in [-0.1, -0.05) is 36.4 Å². The first kappa shape index (κ1) is 21.5. The number of guanidine groups is 1. The van der Waals surface area contributed by atoms with Gasteiger partial charge in [0.05, 0.1) is 12.6 Å². The van der Waals surface area contributed by atoms with Crippen molar-refractivity contribution in [2.45, 2.75) is 39.3 Å². The van der Waals surface area contributed by atoms with E-state index in [1.54, 1.807) is 0 Å². The Hall–Kier alpha value is -1.83. The van der Waals surface area contributed by atoms with Crippen LogP contribution in [-0.2, 0) is 6.54 Å². The van der Waals surface area contributed by atoms with Gasteiger partial charge in [0.25, 0.3) is 0 Å². The van der Waals surface area contributed by atoms with Gasteiger partial charge in [-0.15, -0.1) is 24.0 Å². The maximum Gasteiger partial charge on any atom is 0.192 e. The van der Waals surface area contributed by atoms with E-state index in [2.05, 4.69) is 70.8 Å². The third-order valence-electron chi connectivity index (χ3n) is 4.66. The quantitative estimate of drug-likeness (QED) is 0.372. The Labute approximate surface area is 179 Å². The molecule has 1 unspecified atom stereocenters. The average Bonchev–Trinajstić information content (AvgIpc) is 3.22. The Balaban J connectivity index is 0.00000261. The van der Waals surface area contributed by atoms with E-state index in [1.807, 2.05) is 12.3 Å². The topological polar surface area (TPSA) is 52.6 Å². The summed E-state index contributed by atoms with van der Waals surface area (Å²) in [5.41, 5.74) is 2.37. The van der Waals surface area contributed by atoms with Crippen molar-refractivity contribution in [2.24, 2.45) is 4.99 Å². The van der Waals surface area contributed by atoms with Crippen molar-refractivity contribution in [3.8, 4) is 0 Å².